The molecule has 0 aromatic heterocycles. The largest absolute Gasteiger partial charge is 0.481 e. The van der Waals surface area contributed by atoms with Gasteiger partial charge in [0.2, 0.25) is 0 Å². The van der Waals surface area contributed by atoms with Crippen LogP contribution in [0.4, 0.5) is 4.39 Å². The molecule has 2 rings (SSSR count). The van der Waals surface area contributed by atoms with E-state index in [1.165, 1.54) is 12.1 Å². The lowest BCUT2D eigenvalue weighted by Gasteiger charge is -2.04. The predicted molar refractivity (Wildman–Crippen MR) is 81.1 cm³/mol. The second-order valence-electron chi connectivity index (χ2n) is 4.39. The summed E-state index contributed by atoms with van der Waals surface area (Å²) in [5, 5.41) is 8.52. The lowest BCUT2D eigenvalue weighted by molar-refractivity contribution is -0.133. The molecule has 0 radical (unpaired) electrons. The molecular weight excluding hydrogens is 291 g/mol. The maximum Gasteiger partial charge on any atom is 0.313 e. The van der Waals surface area contributed by atoms with Crippen molar-refractivity contribution in [1.29, 1.82) is 0 Å². The molecule has 0 atom stereocenters. The van der Waals surface area contributed by atoms with E-state index < -0.39 is 5.97 Å². The molecule has 5 heteroatoms. The summed E-state index contributed by atoms with van der Waals surface area (Å²) in [5.74, 6) is -1.27. The highest BCUT2D eigenvalue weighted by atomic mass is 32.2. The van der Waals surface area contributed by atoms with Gasteiger partial charge in [0, 0.05) is 5.56 Å². The van der Waals surface area contributed by atoms with E-state index in [1.54, 1.807) is 36.4 Å². The van der Waals surface area contributed by atoms with Gasteiger partial charge in [-0.1, -0.05) is 36.4 Å². The fourth-order valence-corrected chi connectivity index (χ4v) is 2.43. The van der Waals surface area contributed by atoms with Crippen molar-refractivity contribution in [2.45, 2.75) is 0 Å². The first-order valence-corrected chi connectivity index (χ1v) is 7.40. The number of rotatable bonds is 6. The summed E-state index contributed by atoms with van der Waals surface area (Å²) in [6.07, 6.45) is 0. The number of ketones is 1. The van der Waals surface area contributed by atoms with Crippen LogP contribution in [0.5, 0.6) is 0 Å². The fraction of sp³-hybridized carbons (Fsp3) is 0.125. The van der Waals surface area contributed by atoms with Crippen LogP contribution in [0.2, 0.25) is 0 Å². The van der Waals surface area contributed by atoms with Gasteiger partial charge in [0.1, 0.15) is 5.82 Å². The predicted octanol–water partition coefficient (Wildman–Crippen LogP) is 3.49. The third-order valence-electron chi connectivity index (χ3n) is 2.84. The first-order chi connectivity index (χ1) is 10.1. The molecule has 2 aromatic rings. The van der Waals surface area contributed by atoms with Crippen molar-refractivity contribution in [3.8, 4) is 11.1 Å². The monoisotopic (exact) mass is 304 g/mol. The number of hydrogen-bond donors (Lipinski definition) is 1. The van der Waals surface area contributed by atoms with Crippen molar-refractivity contribution in [3.63, 3.8) is 0 Å². The van der Waals surface area contributed by atoms with E-state index >= 15 is 0 Å². The Hall–Kier alpha value is -2.14. The lowest BCUT2D eigenvalue weighted by atomic mass is 10.0. The molecule has 2 aromatic carbocycles. The lowest BCUT2D eigenvalue weighted by Crippen LogP contribution is -2.06. The molecule has 0 aliphatic carbocycles. The fourth-order valence-electron chi connectivity index (χ4n) is 1.81. The van der Waals surface area contributed by atoms with E-state index in [0.717, 1.165) is 22.9 Å². The Morgan fingerprint density at radius 1 is 0.905 bits per heavy atom. The zero-order valence-electron chi connectivity index (χ0n) is 11.1. The summed E-state index contributed by atoms with van der Waals surface area (Å²) in [6.45, 7) is 0. The molecule has 1 N–H and O–H groups in total. The molecule has 0 fully saturated rings. The van der Waals surface area contributed by atoms with E-state index in [9.17, 15) is 14.0 Å². The van der Waals surface area contributed by atoms with Crippen LogP contribution in [-0.2, 0) is 4.79 Å². The van der Waals surface area contributed by atoms with Gasteiger partial charge in [0.15, 0.2) is 5.78 Å². The molecule has 0 aliphatic heterocycles. The van der Waals surface area contributed by atoms with E-state index in [0.29, 0.717) is 5.56 Å². The van der Waals surface area contributed by atoms with E-state index in [2.05, 4.69) is 0 Å². The minimum absolute atomic E-state index is 0.0839. The molecule has 0 saturated heterocycles. The molecular formula is C16H13FO3S. The third-order valence-corrected chi connectivity index (χ3v) is 3.76. The van der Waals surface area contributed by atoms with Crippen LogP contribution in [-0.4, -0.2) is 28.4 Å². The highest BCUT2D eigenvalue weighted by molar-refractivity contribution is 8.00. The molecule has 21 heavy (non-hydrogen) atoms. The normalized spacial score (nSPS) is 10.3. The van der Waals surface area contributed by atoms with Gasteiger partial charge in [-0.15, -0.1) is 11.8 Å². The Kier molecular flexibility index (Phi) is 5.11. The molecule has 108 valence electrons. The number of carbonyl (C=O) groups is 2. The number of benzene rings is 2. The summed E-state index contributed by atoms with van der Waals surface area (Å²) >= 11 is 1.08. The Bertz CT molecular complexity index is 636. The first-order valence-electron chi connectivity index (χ1n) is 6.25. The van der Waals surface area contributed by atoms with Crippen molar-refractivity contribution < 1.29 is 19.1 Å². The zero-order chi connectivity index (χ0) is 15.2. The molecule has 0 amide bonds. The van der Waals surface area contributed by atoms with Crippen LogP contribution < -0.4 is 0 Å². The van der Waals surface area contributed by atoms with Crippen LogP contribution in [0.1, 0.15) is 10.4 Å². The number of aliphatic carboxylic acids is 1. The second-order valence-corrected chi connectivity index (χ2v) is 5.38. The smallest absolute Gasteiger partial charge is 0.313 e. The van der Waals surface area contributed by atoms with Gasteiger partial charge in [-0.05, 0) is 23.3 Å². The minimum atomic E-state index is -0.931. The minimum Gasteiger partial charge on any atom is -0.481 e. The number of carboxylic acid groups (broad SMARTS) is 1. The molecule has 0 aliphatic rings. The summed E-state index contributed by atoms with van der Waals surface area (Å²) in [6, 6.07) is 13.1. The molecule has 0 spiro atoms. The Morgan fingerprint density at radius 3 is 1.95 bits per heavy atom. The average Bonchev–Trinajstić information content (AvgIpc) is 2.48. The summed E-state index contributed by atoms with van der Waals surface area (Å²) in [5.41, 5.74) is 2.30. The van der Waals surface area contributed by atoms with Gasteiger partial charge in [-0.3, -0.25) is 9.59 Å². The number of Topliss-reactive ketones (excluding diaryl/α,β-unsaturated/α-hetero) is 1. The second kappa shape index (κ2) is 7.04. The van der Waals surface area contributed by atoms with Crippen molar-refractivity contribution in [1.82, 2.24) is 0 Å². The highest BCUT2D eigenvalue weighted by Crippen LogP contribution is 2.20. The van der Waals surface area contributed by atoms with Gasteiger partial charge in [0.25, 0.3) is 0 Å². The molecule has 3 nitrogen and oxygen atoms in total. The zero-order valence-corrected chi connectivity index (χ0v) is 11.9. The van der Waals surface area contributed by atoms with Crippen molar-refractivity contribution in [2.24, 2.45) is 0 Å². The average molecular weight is 304 g/mol. The van der Waals surface area contributed by atoms with Gasteiger partial charge < -0.3 is 5.11 Å². The quantitative estimate of drug-likeness (QED) is 0.830. The SMILES string of the molecule is O=C(O)CSCC(=O)c1ccc(-c2ccc(F)cc2)cc1. The van der Waals surface area contributed by atoms with Crippen LogP contribution in [0.25, 0.3) is 11.1 Å². The van der Waals surface area contributed by atoms with Crippen molar-refractivity contribution in [2.75, 3.05) is 11.5 Å². The van der Waals surface area contributed by atoms with Crippen molar-refractivity contribution >= 4 is 23.5 Å². The summed E-state index contributed by atoms with van der Waals surface area (Å²) in [7, 11) is 0. The topological polar surface area (TPSA) is 54.4 Å². The number of halogens is 1. The van der Waals surface area contributed by atoms with Gasteiger partial charge in [-0.2, -0.15) is 0 Å². The van der Waals surface area contributed by atoms with Crippen LogP contribution in [0.3, 0.4) is 0 Å². The molecule has 0 heterocycles. The Labute approximate surface area is 125 Å². The summed E-state index contributed by atoms with van der Waals surface area (Å²) < 4.78 is 12.9. The maximum atomic E-state index is 12.9. The summed E-state index contributed by atoms with van der Waals surface area (Å²) in [4.78, 5) is 22.2. The van der Waals surface area contributed by atoms with Gasteiger partial charge >= 0.3 is 5.97 Å². The van der Waals surface area contributed by atoms with Crippen LogP contribution in [0, 0.1) is 5.82 Å². The standard InChI is InChI=1S/C16H13FO3S/c17-14-7-5-12(6-8-14)11-1-3-13(4-2-11)15(18)9-21-10-16(19)20/h1-8H,9-10H2,(H,19,20). The number of hydrogen-bond acceptors (Lipinski definition) is 3. The Balaban J connectivity index is 2.03. The number of thioether (sulfide) groups is 1. The first kappa shape index (κ1) is 15.3. The van der Waals surface area contributed by atoms with E-state index in [1.807, 2.05) is 0 Å². The third kappa shape index (κ3) is 4.43. The van der Waals surface area contributed by atoms with Gasteiger partial charge in [0.05, 0.1) is 11.5 Å². The van der Waals surface area contributed by atoms with Gasteiger partial charge in [-0.25, -0.2) is 4.39 Å². The van der Waals surface area contributed by atoms with E-state index in [-0.39, 0.29) is 23.1 Å². The van der Waals surface area contributed by atoms with Crippen LogP contribution >= 0.6 is 11.8 Å². The Morgan fingerprint density at radius 2 is 1.43 bits per heavy atom. The molecule has 0 bridgehead atoms. The molecule has 0 unspecified atom stereocenters. The maximum absolute atomic E-state index is 12.9. The number of carbonyl (C=O) groups excluding carboxylic acids is 1. The van der Waals surface area contributed by atoms with Crippen molar-refractivity contribution in [3.05, 3.63) is 59.9 Å². The highest BCUT2D eigenvalue weighted by Gasteiger charge is 2.08. The van der Waals surface area contributed by atoms with Crippen LogP contribution in [0.15, 0.2) is 48.5 Å². The van der Waals surface area contributed by atoms with E-state index in [4.69, 9.17) is 5.11 Å². The molecule has 0 saturated carbocycles. The number of carboxylic acids is 1.